The number of rotatable bonds is 6. The summed E-state index contributed by atoms with van der Waals surface area (Å²) in [4.78, 5) is 32.9. The number of pyridine rings is 1. The first-order valence-electron chi connectivity index (χ1n) is 10.1. The van der Waals surface area contributed by atoms with Crippen molar-refractivity contribution < 1.29 is 19.1 Å². The van der Waals surface area contributed by atoms with E-state index in [-0.39, 0.29) is 18.4 Å². The standard InChI is InChI=1S/C21H21N7O4/c1-28-10-23-19(27-28)12-4-3-5-13(17(12)31-2)24-14-8-16(26-20(29)11-6-7-11)25-15-9-22-21(30)32-18(14)15/h3-5,8,10-11H,6-7,9H2,1-2H3,(H,22,30)(H2,24,25,26,29). The lowest BCUT2D eigenvalue weighted by Crippen LogP contribution is -2.32. The Bertz CT molecular complexity index is 1220. The van der Waals surface area contributed by atoms with E-state index in [1.54, 1.807) is 31.2 Å². The summed E-state index contributed by atoms with van der Waals surface area (Å²) in [6, 6.07) is 7.16. The van der Waals surface area contributed by atoms with Crippen molar-refractivity contribution in [2.45, 2.75) is 19.4 Å². The van der Waals surface area contributed by atoms with E-state index in [2.05, 4.69) is 31.0 Å². The molecule has 3 aromatic rings. The van der Waals surface area contributed by atoms with Crippen molar-refractivity contribution in [1.29, 1.82) is 0 Å². The Morgan fingerprint density at radius 2 is 2.16 bits per heavy atom. The van der Waals surface area contributed by atoms with Crippen LogP contribution in [0.2, 0.25) is 0 Å². The molecule has 0 unspecified atom stereocenters. The predicted molar refractivity (Wildman–Crippen MR) is 115 cm³/mol. The van der Waals surface area contributed by atoms with Gasteiger partial charge in [-0.15, -0.1) is 0 Å². The summed E-state index contributed by atoms with van der Waals surface area (Å²) >= 11 is 0. The number of para-hydroxylation sites is 1. The number of aryl methyl sites for hydroxylation is 1. The zero-order valence-corrected chi connectivity index (χ0v) is 17.5. The van der Waals surface area contributed by atoms with Crippen molar-refractivity contribution in [3.8, 4) is 22.9 Å². The lowest BCUT2D eigenvalue weighted by Gasteiger charge is -2.22. The van der Waals surface area contributed by atoms with Gasteiger partial charge in [-0.1, -0.05) is 6.07 Å². The van der Waals surface area contributed by atoms with E-state index in [0.29, 0.717) is 45.8 Å². The number of hydrogen-bond donors (Lipinski definition) is 3. The largest absolute Gasteiger partial charge is 0.494 e. The van der Waals surface area contributed by atoms with Gasteiger partial charge in [0.1, 0.15) is 17.8 Å². The SMILES string of the molecule is COc1c(Nc2cc(NC(=O)C3CC3)nc3c2OC(=O)NC3)cccc1-c1ncn(C)n1. The molecule has 3 heterocycles. The maximum Gasteiger partial charge on any atom is 0.413 e. The number of amides is 2. The van der Waals surface area contributed by atoms with Crippen molar-refractivity contribution in [1.82, 2.24) is 25.1 Å². The molecule has 0 atom stereocenters. The Kier molecular flexibility index (Phi) is 4.85. The molecule has 1 aliphatic heterocycles. The summed E-state index contributed by atoms with van der Waals surface area (Å²) in [5.41, 5.74) is 2.28. The van der Waals surface area contributed by atoms with Crippen LogP contribution in [0.4, 0.5) is 22.0 Å². The second-order valence-electron chi connectivity index (χ2n) is 7.59. The fourth-order valence-corrected chi connectivity index (χ4v) is 3.47. The van der Waals surface area contributed by atoms with E-state index in [4.69, 9.17) is 9.47 Å². The Morgan fingerprint density at radius 1 is 1.31 bits per heavy atom. The van der Waals surface area contributed by atoms with Crippen molar-refractivity contribution in [2.75, 3.05) is 17.7 Å². The van der Waals surface area contributed by atoms with Gasteiger partial charge in [0.05, 0.1) is 30.6 Å². The van der Waals surface area contributed by atoms with Crippen LogP contribution in [0, 0.1) is 5.92 Å². The number of anilines is 3. The summed E-state index contributed by atoms with van der Waals surface area (Å²) in [6.45, 7) is 0.186. The highest BCUT2D eigenvalue weighted by Gasteiger charge is 2.31. The zero-order valence-electron chi connectivity index (χ0n) is 17.5. The Morgan fingerprint density at radius 3 is 2.88 bits per heavy atom. The van der Waals surface area contributed by atoms with Gasteiger partial charge in [0.25, 0.3) is 0 Å². The van der Waals surface area contributed by atoms with Gasteiger partial charge in [0, 0.05) is 19.0 Å². The molecule has 1 aromatic carbocycles. The van der Waals surface area contributed by atoms with Crippen LogP contribution < -0.4 is 25.4 Å². The molecule has 11 heteroatoms. The third-order valence-corrected chi connectivity index (χ3v) is 5.17. The van der Waals surface area contributed by atoms with Crippen LogP contribution in [0.1, 0.15) is 18.5 Å². The molecular weight excluding hydrogens is 414 g/mol. The molecule has 11 nitrogen and oxygen atoms in total. The van der Waals surface area contributed by atoms with Crippen LogP contribution in [-0.4, -0.2) is 38.9 Å². The maximum atomic E-state index is 12.3. The number of methoxy groups -OCH3 is 1. The van der Waals surface area contributed by atoms with E-state index < -0.39 is 6.09 Å². The molecule has 1 aliphatic carbocycles. The molecule has 5 rings (SSSR count). The topological polar surface area (TPSA) is 132 Å². The number of carbonyl (C=O) groups is 2. The molecule has 3 N–H and O–H groups in total. The monoisotopic (exact) mass is 435 g/mol. The quantitative estimate of drug-likeness (QED) is 0.538. The van der Waals surface area contributed by atoms with Crippen LogP contribution in [0.3, 0.4) is 0 Å². The molecule has 2 aliphatic rings. The van der Waals surface area contributed by atoms with Gasteiger partial charge in [-0.2, -0.15) is 5.10 Å². The molecule has 2 aromatic heterocycles. The van der Waals surface area contributed by atoms with E-state index in [0.717, 1.165) is 12.8 Å². The molecule has 0 saturated heterocycles. The smallest absolute Gasteiger partial charge is 0.413 e. The molecule has 1 fully saturated rings. The normalized spacial score (nSPS) is 14.8. The van der Waals surface area contributed by atoms with Crippen molar-refractivity contribution >= 4 is 29.2 Å². The summed E-state index contributed by atoms with van der Waals surface area (Å²) in [5.74, 6) is 1.67. The Hall–Kier alpha value is -4.15. The van der Waals surface area contributed by atoms with Crippen molar-refractivity contribution in [2.24, 2.45) is 13.0 Å². The Labute approximate surface area is 183 Å². The molecule has 0 bridgehead atoms. The van der Waals surface area contributed by atoms with Gasteiger partial charge in [-0.05, 0) is 25.0 Å². The number of nitrogens with zero attached hydrogens (tertiary/aromatic N) is 4. The number of hydrogen-bond acceptors (Lipinski definition) is 8. The van der Waals surface area contributed by atoms with Gasteiger partial charge in [0.2, 0.25) is 5.91 Å². The Balaban J connectivity index is 1.54. The van der Waals surface area contributed by atoms with E-state index in [1.807, 2.05) is 18.2 Å². The van der Waals surface area contributed by atoms with Crippen LogP contribution in [0.5, 0.6) is 11.5 Å². The zero-order chi connectivity index (χ0) is 22.2. The minimum absolute atomic E-state index is 0.0304. The van der Waals surface area contributed by atoms with E-state index in [1.165, 1.54) is 0 Å². The molecule has 1 saturated carbocycles. The van der Waals surface area contributed by atoms with Crippen LogP contribution in [0.15, 0.2) is 30.6 Å². The summed E-state index contributed by atoms with van der Waals surface area (Å²) in [7, 11) is 3.34. The van der Waals surface area contributed by atoms with E-state index in [9.17, 15) is 9.59 Å². The molecule has 0 spiro atoms. The maximum absolute atomic E-state index is 12.3. The molecule has 32 heavy (non-hydrogen) atoms. The van der Waals surface area contributed by atoms with Crippen LogP contribution in [0.25, 0.3) is 11.4 Å². The number of carbonyl (C=O) groups excluding carboxylic acids is 2. The first-order chi connectivity index (χ1) is 15.5. The van der Waals surface area contributed by atoms with Gasteiger partial charge in [-0.25, -0.2) is 14.8 Å². The first kappa shape index (κ1) is 19.8. The van der Waals surface area contributed by atoms with Gasteiger partial charge >= 0.3 is 6.09 Å². The lowest BCUT2D eigenvalue weighted by atomic mass is 10.1. The fourth-order valence-electron chi connectivity index (χ4n) is 3.47. The fraction of sp³-hybridized carbons (Fsp3) is 0.286. The van der Waals surface area contributed by atoms with Gasteiger partial charge in [-0.3, -0.25) is 9.48 Å². The van der Waals surface area contributed by atoms with E-state index >= 15 is 0 Å². The number of aromatic nitrogens is 4. The van der Waals surface area contributed by atoms with Crippen LogP contribution in [-0.2, 0) is 18.4 Å². The van der Waals surface area contributed by atoms with Crippen molar-refractivity contribution in [3.63, 3.8) is 0 Å². The number of benzene rings is 1. The summed E-state index contributed by atoms with van der Waals surface area (Å²) < 4.78 is 12.7. The molecule has 2 amide bonds. The molecule has 0 radical (unpaired) electrons. The third-order valence-electron chi connectivity index (χ3n) is 5.17. The minimum atomic E-state index is -0.574. The first-order valence-corrected chi connectivity index (χ1v) is 10.1. The van der Waals surface area contributed by atoms with Gasteiger partial charge in [0.15, 0.2) is 17.3 Å². The second kappa shape index (κ2) is 7.84. The highest BCUT2D eigenvalue weighted by atomic mass is 16.6. The number of nitrogens with one attached hydrogen (secondary N) is 3. The lowest BCUT2D eigenvalue weighted by molar-refractivity contribution is -0.117. The van der Waals surface area contributed by atoms with Crippen molar-refractivity contribution in [3.05, 3.63) is 36.3 Å². The molecule has 164 valence electrons. The summed E-state index contributed by atoms with van der Waals surface area (Å²) in [5, 5.41) is 13.1. The second-order valence-corrected chi connectivity index (χ2v) is 7.59. The average molecular weight is 435 g/mol. The number of ether oxygens (including phenoxy) is 2. The average Bonchev–Trinajstić information content (AvgIpc) is 3.55. The number of fused-ring (bicyclic) bond motifs is 1. The highest BCUT2D eigenvalue weighted by molar-refractivity contribution is 5.94. The van der Waals surface area contributed by atoms with Gasteiger partial charge < -0.3 is 25.4 Å². The summed E-state index contributed by atoms with van der Waals surface area (Å²) in [6.07, 6.45) is 2.80. The highest BCUT2D eigenvalue weighted by Crippen LogP contribution is 2.40. The van der Waals surface area contributed by atoms with Crippen LogP contribution >= 0.6 is 0 Å². The third kappa shape index (κ3) is 3.80. The minimum Gasteiger partial charge on any atom is -0.494 e. The predicted octanol–water partition coefficient (Wildman–Crippen LogP) is 2.58. The molecular formula is C21H21N7O4.